The highest BCUT2D eigenvalue weighted by atomic mass is 16.1. The molecule has 2 aromatic rings. The monoisotopic (exact) mass is 380 g/mol. The van der Waals surface area contributed by atoms with E-state index >= 15 is 0 Å². The van der Waals surface area contributed by atoms with Gasteiger partial charge in [0.15, 0.2) is 5.96 Å². The molecule has 0 atom stereocenters. The molecular formula is C23H32N4O. The van der Waals surface area contributed by atoms with Gasteiger partial charge < -0.3 is 16.0 Å². The quantitative estimate of drug-likeness (QED) is 0.486. The lowest BCUT2D eigenvalue weighted by Gasteiger charge is -2.13. The number of rotatable bonds is 8. The summed E-state index contributed by atoms with van der Waals surface area (Å²) in [4.78, 5) is 16.4. The van der Waals surface area contributed by atoms with Gasteiger partial charge in [0.1, 0.15) is 0 Å². The molecule has 0 bridgehead atoms. The van der Waals surface area contributed by atoms with Crippen molar-refractivity contribution in [2.24, 2.45) is 4.99 Å². The van der Waals surface area contributed by atoms with E-state index in [0.717, 1.165) is 30.9 Å². The van der Waals surface area contributed by atoms with E-state index in [9.17, 15) is 4.79 Å². The first kappa shape index (κ1) is 21.5. The molecule has 0 fully saturated rings. The second kappa shape index (κ2) is 11.1. The van der Waals surface area contributed by atoms with Crippen molar-refractivity contribution in [2.75, 3.05) is 20.1 Å². The molecular weight excluding hydrogens is 348 g/mol. The van der Waals surface area contributed by atoms with Crippen molar-refractivity contribution in [3.63, 3.8) is 0 Å². The molecule has 2 rings (SSSR count). The van der Waals surface area contributed by atoms with E-state index in [4.69, 9.17) is 0 Å². The van der Waals surface area contributed by atoms with Gasteiger partial charge in [-0.05, 0) is 49.9 Å². The topological polar surface area (TPSA) is 65.5 Å². The molecule has 5 nitrogen and oxygen atoms in total. The highest BCUT2D eigenvalue weighted by molar-refractivity contribution is 5.94. The van der Waals surface area contributed by atoms with Gasteiger partial charge in [-0.1, -0.05) is 48.4 Å². The van der Waals surface area contributed by atoms with Crippen LogP contribution in [0.3, 0.4) is 0 Å². The summed E-state index contributed by atoms with van der Waals surface area (Å²) < 4.78 is 0. The molecule has 0 saturated carbocycles. The van der Waals surface area contributed by atoms with Crippen molar-refractivity contribution in [1.29, 1.82) is 0 Å². The van der Waals surface area contributed by atoms with Crippen molar-refractivity contribution in [3.05, 3.63) is 70.3 Å². The van der Waals surface area contributed by atoms with Gasteiger partial charge in [-0.3, -0.25) is 9.79 Å². The smallest absolute Gasteiger partial charge is 0.251 e. The summed E-state index contributed by atoms with van der Waals surface area (Å²) in [5.74, 6) is 0.727. The van der Waals surface area contributed by atoms with Crippen molar-refractivity contribution in [1.82, 2.24) is 16.0 Å². The summed E-state index contributed by atoms with van der Waals surface area (Å²) in [6, 6.07) is 14.3. The van der Waals surface area contributed by atoms with Gasteiger partial charge in [0, 0.05) is 32.2 Å². The van der Waals surface area contributed by atoms with E-state index in [1.165, 1.54) is 16.7 Å². The predicted molar refractivity (Wildman–Crippen MR) is 117 cm³/mol. The molecule has 0 aliphatic carbocycles. The van der Waals surface area contributed by atoms with E-state index in [1.807, 2.05) is 31.2 Å². The lowest BCUT2D eigenvalue weighted by Crippen LogP contribution is -2.37. The van der Waals surface area contributed by atoms with E-state index in [2.05, 4.69) is 53.0 Å². The molecule has 1 amide bonds. The van der Waals surface area contributed by atoms with Crippen LogP contribution in [-0.2, 0) is 13.0 Å². The maximum atomic E-state index is 12.1. The van der Waals surface area contributed by atoms with E-state index < -0.39 is 0 Å². The zero-order chi connectivity index (χ0) is 20.4. The number of carbonyl (C=O) groups is 1. The van der Waals surface area contributed by atoms with Crippen LogP contribution >= 0.6 is 0 Å². The third kappa shape index (κ3) is 7.06. The minimum absolute atomic E-state index is 0.0281. The Hall–Kier alpha value is -2.82. The van der Waals surface area contributed by atoms with E-state index in [0.29, 0.717) is 18.7 Å². The molecule has 0 aliphatic heterocycles. The molecule has 5 heteroatoms. The Morgan fingerprint density at radius 3 is 2.36 bits per heavy atom. The van der Waals surface area contributed by atoms with Gasteiger partial charge in [-0.15, -0.1) is 0 Å². The number of aliphatic imine (C=N–C) groups is 1. The third-order valence-electron chi connectivity index (χ3n) is 4.40. The van der Waals surface area contributed by atoms with Crippen LogP contribution in [0.2, 0.25) is 0 Å². The summed E-state index contributed by atoms with van der Waals surface area (Å²) in [6.45, 7) is 8.40. The maximum absolute atomic E-state index is 12.1. The second-order valence-electron chi connectivity index (χ2n) is 7.05. The first-order valence-corrected chi connectivity index (χ1v) is 9.90. The standard InChI is InChI=1S/C23H32N4O/c1-5-10-25-22(28)21-8-6-7-20(15-21)16-27-23(24-4)26-11-9-19-13-17(2)12-18(3)14-19/h6-8,12-15H,5,9-11,16H2,1-4H3,(H,25,28)(H2,24,26,27). The number of hydrogen-bond acceptors (Lipinski definition) is 2. The molecule has 0 spiro atoms. The first-order chi connectivity index (χ1) is 13.5. The summed E-state index contributed by atoms with van der Waals surface area (Å²) in [5.41, 5.74) is 5.64. The lowest BCUT2D eigenvalue weighted by molar-refractivity contribution is 0.0953. The Kier molecular flexibility index (Phi) is 8.53. The van der Waals surface area contributed by atoms with Crippen LogP contribution in [0.15, 0.2) is 47.5 Å². The number of aryl methyl sites for hydroxylation is 2. The van der Waals surface area contributed by atoms with Gasteiger partial charge in [0.2, 0.25) is 0 Å². The SMILES string of the molecule is CCCNC(=O)c1cccc(CNC(=NC)NCCc2cc(C)cc(C)c2)c1. The van der Waals surface area contributed by atoms with Crippen molar-refractivity contribution in [2.45, 2.75) is 40.2 Å². The number of nitrogens with one attached hydrogen (secondary N) is 3. The van der Waals surface area contributed by atoms with Crippen LogP contribution < -0.4 is 16.0 Å². The normalized spacial score (nSPS) is 11.2. The van der Waals surface area contributed by atoms with Crippen molar-refractivity contribution < 1.29 is 4.79 Å². The van der Waals surface area contributed by atoms with Crippen LogP contribution in [0, 0.1) is 13.8 Å². The molecule has 0 heterocycles. The van der Waals surface area contributed by atoms with Gasteiger partial charge in [0.25, 0.3) is 5.91 Å². The lowest BCUT2D eigenvalue weighted by atomic mass is 10.1. The highest BCUT2D eigenvalue weighted by Crippen LogP contribution is 2.09. The number of carbonyl (C=O) groups excluding carboxylic acids is 1. The Morgan fingerprint density at radius 2 is 1.68 bits per heavy atom. The Bertz CT molecular complexity index is 794. The van der Waals surface area contributed by atoms with Crippen LogP contribution in [0.5, 0.6) is 0 Å². The van der Waals surface area contributed by atoms with Gasteiger partial charge >= 0.3 is 0 Å². The zero-order valence-electron chi connectivity index (χ0n) is 17.4. The number of nitrogens with zero attached hydrogens (tertiary/aromatic N) is 1. The Labute approximate surface area is 168 Å². The number of hydrogen-bond donors (Lipinski definition) is 3. The summed E-state index contributed by atoms with van der Waals surface area (Å²) in [6.07, 6.45) is 1.87. The fourth-order valence-electron chi connectivity index (χ4n) is 3.11. The van der Waals surface area contributed by atoms with Crippen molar-refractivity contribution in [3.8, 4) is 0 Å². The molecule has 0 saturated heterocycles. The summed E-state index contributed by atoms with van der Waals surface area (Å²) >= 11 is 0. The van der Waals surface area contributed by atoms with Gasteiger partial charge in [-0.25, -0.2) is 0 Å². The molecule has 150 valence electrons. The molecule has 0 radical (unpaired) electrons. The zero-order valence-corrected chi connectivity index (χ0v) is 17.4. The minimum Gasteiger partial charge on any atom is -0.356 e. The Balaban J connectivity index is 1.84. The first-order valence-electron chi connectivity index (χ1n) is 9.90. The third-order valence-corrected chi connectivity index (χ3v) is 4.40. The van der Waals surface area contributed by atoms with Gasteiger partial charge in [0.05, 0.1) is 0 Å². The van der Waals surface area contributed by atoms with Crippen LogP contribution in [0.1, 0.15) is 46.0 Å². The highest BCUT2D eigenvalue weighted by Gasteiger charge is 2.06. The average molecular weight is 381 g/mol. The molecule has 0 unspecified atom stereocenters. The van der Waals surface area contributed by atoms with Crippen LogP contribution in [0.25, 0.3) is 0 Å². The number of amides is 1. The number of guanidine groups is 1. The van der Waals surface area contributed by atoms with Gasteiger partial charge in [-0.2, -0.15) is 0 Å². The van der Waals surface area contributed by atoms with Crippen LogP contribution in [0.4, 0.5) is 0 Å². The Morgan fingerprint density at radius 1 is 0.929 bits per heavy atom. The average Bonchev–Trinajstić information content (AvgIpc) is 2.68. The molecule has 0 aromatic heterocycles. The molecule has 3 N–H and O–H groups in total. The van der Waals surface area contributed by atoms with E-state index in [1.54, 1.807) is 7.05 Å². The second-order valence-corrected chi connectivity index (χ2v) is 7.05. The molecule has 28 heavy (non-hydrogen) atoms. The predicted octanol–water partition coefficient (Wildman–Crippen LogP) is 3.35. The van der Waals surface area contributed by atoms with Crippen LogP contribution in [-0.4, -0.2) is 32.0 Å². The molecule has 2 aromatic carbocycles. The number of benzene rings is 2. The fraction of sp³-hybridized carbons (Fsp3) is 0.391. The maximum Gasteiger partial charge on any atom is 0.251 e. The van der Waals surface area contributed by atoms with Crippen molar-refractivity contribution >= 4 is 11.9 Å². The minimum atomic E-state index is -0.0281. The van der Waals surface area contributed by atoms with E-state index in [-0.39, 0.29) is 5.91 Å². The summed E-state index contributed by atoms with van der Waals surface area (Å²) in [7, 11) is 1.76. The fourth-order valence-corrected chi connectivity index (χ4v) is 3.11. The largest absolute Gasteiger partial charge is 0.356 e. The summed E-state index contributed by atoms with van der Waals surface area (Å²) in [5, 5.41) is 9.57. The molecule has 0 aliphatic rings.